The van der Waals surface area contributed by atoms with E-state index < -0.39 is 0 Å². The minimum atomic E-state index is 0.445. The Kier molecular flexibility index (Phi) is 3.39. The van der Waals surface area contributed by atoms with E-state index in [1.807, 2.05) is 12.1 Å². The normalized spacial score (nSPS) is 18.8. The van der Waals surface area contributed by atoms with Crippen LogP contribution in [-0.2, 0) is 0 Å². The van der Waals surface area contributed by atoms with E-state index in [9.17, 15) is 0 Å². The number of halogens is 1. The molecule has 0 unspecified atom stereocenters. The summed E-state index contributed by atoms with van der Waals surface area (Å²) >= 11 is 3.34. The maximum Gasteiger partial charge on any atom is 0.129 e. The summed E-state index contributed by atoms with van der Waals surface area (Å²) in [6.07, 6.45) is 2.37. The number of rotatable bonds is 1. The fourth-order valence-corrected chi connectivity index (χ4v) is 2.43. The molecule has 3 nitrogen and oxygen atoms in total. The molecule has 2 rings (SSSR count). The van der Waals surface area contributed by atoms with Crippen LogP contribution in [0.2, 0.25) is 0 Å². The van der Waals surface area contributed by atoms with E-state index in [0.29, 0.717) is 15.6 Å². The van der Waals surface area contributed by atoms with Crippen molar-refractivity contribution in [3.63, 3.8) is 0 Å². The Bertz CT molecular complexity index is 452. The first-order valence-corrected chi connectivity index (χ1v) is 6.63. The van der Waals surface area contributed by atoms with Gasteiger partial charge >= 0.3 is 0 Å². The fraction of sp³-hybridized carbons (Fsp3) is 0.538. The fourth-order valence-electron chi connectivity index (χ4n) is 2.03. The smallest absolute Gasteiger partial charge is 0.129 e. The number of aromatic nitrogens is 1. The Morgan fingerprint density at radius 3 is 2.53 bits per heavy atom. The topological polar surface area (TPSA) is 39.9 Å². The van der Waals surface area contributed by atoms with Gasteiger partial charge in [-0.2, -0.15) is 5.26 Å². The van der Waals surface area contributed by atoms with Crippen LogP contribution in [0.5, 0.6) is 0 Å². The average Bonchev–Trinajstić information content (AvgIpc) is 2.29. The van der Waals surface area contributed by atoms with Crippen molar-refractivity contribution in [2.75, 3.05) is 18.0 Å². The highest BCUT2D eigenvalue weighted by Crippen LogP contribution is 2.32. The lowest BCUT2D eigenvalue weighted by molar-refractivity contribution is 0.279. The van der Waals surface area contributed by atoms with E-state index >= 15 is 0 Å². The standard InChI is InChI=1S/C13H16BrN3/c1-13(2)5-7-17(8-6-13)11-4-3-10(9-15)12(14)16-11/h3-4H,5-8H2,1-2H3. The molecule has 0 aromatic carbocycles. The third kappa shape index (κ3) is 2.78. The highest BCUT2D eigenvalue weighted by molar-refractivity contribution is 9.10. The quantitative estimate of drug-likeness (QED) is 0.746. The number of hydrogen-bond donors (Lipinski definition) is 0. The molecule has 0 amide bonds. The first kappa shape index (κ1) is 12.4. The highest BCUT2D eigenvalue weighted by Gasteiger charge is 2.26. The molecule has 0 saturated carbocycles. The molecular weight excluding hydrogens is 278 g/mol. The van der Waals surface area contributed by atoms with E-state index in [2.05, 4.69) is 45.7 Å². The van der Waals surface area contributed by atoms with Crippen LogP contribution >= 0.6 is 15.9 Å². The van der Waals surface area contributed by atoms with Crippen molar-refractivity contribution < 1.29 is 0 Å². The molecule has 0 spiro atoms. The number of piperidine rings is 1. The predicted molar refractivity (Wildman–Crippen MR) is 71.9 cm³/mol. The summed E-state index contributed by atoms with van der Waals surface area (Å²) in [5, 5.41) is 8.85. The molecule has 90 valence electrons. The molecule has 17 heavy (non-hydrogen) atoms. The molecule has 1 aromatic rings. The summed E-state index contributed by atoms with van der Waals surface area (Å²) in [5.41, 5.74) is 1.03. The second-order valence-electron chi connectivity index (χ2n) is 5.27. The van der Waals surface area contributed by atoms with Crippen molar-refractivity contribution in [2.45, 2.75) is 26.7 Å². The van der Waals surface area contributed by atoms with Gasteiger partial charge in [0.2, 0.25) is 0 Å². The monoisotopic (exact) mass is 293 g/mol. The van der Waals surface area contributed by atoms with E-state index in [4.69, 9.17) is 5.26 Å². The first-order valence-electron chi connectivity index (χ1n) is 5.83. The van der Waals surface area contributed by atoms with Gasteiger partial charge in [-0.05, 0) is 46.3 Å². The minimum Gasteiger partial charge on any atom is -0.357 e. The van der Waals surface area contributed by atoms with Gasteiger partial charge in [0.15, 0.2) is 0 Å². The molecule has 2 heterocycles. The van der Waals surface area contributed by atoms with E-state index in [-0.39, 0.29) is 0 Å². The molecule has 0 radical (unpaired) electrons. The predicted octanol–water partition coefficient (Wildman–Crippen LogP) is 3.34. The molecule has 0 bridgehead atoms. The van der Waals surface area contributed by atoms with Gasteiger partial charge < -0.3 is 4.90 Å². The number of nitrogens with zero attached hydrogens (tertiary/aromatic N) is 3. The summed E-state index contributed by atoms with van der Waals surface area (Å²) in [4.78, 5) is 6.72. The zero-order chi connectivity index (χ0) is 12.5. The lowest BCUT2D eigenvalue weighted by Crippen LogP contribution is -2.37. The lowest BCUT2D eigenvalue weighted by Gasteiger charge is -2.37. The summed E-state index contributed by atoms with van der Waals surface area (Å²) in [5.74, 6) is 0.964. The lowest BCUT2D eigenvalue weighted by atomic mass is 9.83. The van der Waals surface area contributed by atoms with Crippen molar-refractivity contribution in [1.82, 2.24) is 4.98 Å². The zero-order valence-corrected chi connectivity index (χ0v) is 11.8. The summed E-state index contributed by atoms with van der Waals surface area (Å²) in [7, 11) is 0. The van der Waals surface area contributed by atoms with Gasteiger partial charge in [0.05, 0.1) is 5.56 Å². The molecule has 4 heteroatoms. The van der Waals surface area contributed by atoms with Crippen LogP contribution in [0.1, 0.15) is 32.3 Å². The number of hydrogen-bond acceptors (Lipinski definition) is 3. The van der Waals surface area contributed by atoms with Gasteiger partial charge in [0.1, 0.15) is 16.5 Å². The molecular formula is C13H16BrN3. The molecule has 0 atom stereocenters. The third-order valence-electron chi connectivity index (χ3n) is 3.40. The second-order valence-corrected chi connectivity index (χ2v) is 6.02. The number of anilines is 1. The van der Waals surface area contributed by atoms with Crippen LogP contribution in [0, 0.1) is 16.7 Å². The van der Waals surface area contributed by atoms with Crippen molar-refractivity contribution in [1.29, 1.82) is 5.26 Å². The Balaban J connectivity index is 2.14. The van der Waals surface area contributed by atoms with Crippen molar-refractivity contribution in [3.05, 3.63) is 22.3 Å². The Morgan fingerprint density at radius 2 is 2.00 bits per heavy atom. The largest absolute Gasteiger partial charge is 0.357 e. The molecule has 1 aliphatic rings. The van der Waals surface area contributed by atoms with Crippen LogP contribution in [0.15, 0.2) is 16.7 Å². The molecule has 0 aliphatic carbocycles. The minimum absolute atomic E-state index is 0.445. The maximum atomic E-state index is 8.85. The number of nitriles is 1. The van der Waals surface area contributed by atoms with E-state index in [1.165, 1.54) is 12.8 Å². The van der Waals surface area contributed by atoms with Crippen LogP contribution in [0.25, 0.3) is 0 Å². The summed E-state index contributed by atoms with van der Waals surface area (Å²) < 4.78 is 0.641. The van der Waals surface area contributed by atoms with Gasteiger partial charge in [0.25, 0.3) is 0 Å². The van der Waals surface area contributed by atoms with Crippen molar-refractivity contribution in [2.24, 2.45) is 5.41 Å². The summed E-state index contributed by atoms with van der Waals surface area (Å²) in [6, 6.07) is 5.87. The molecule has 1 aromatic heterocycles. The van der Waals surface area contributed by atoms with Crippen LogP contribution < -0.4 is 4.90 Å². The van der Waals surface area contributed by atoms with Gasteiger partial charge in [0, 0.05) is 13.1 Å². The van der Waals surface area contributed by atoms with Crippen molar-refractivity contribution >= 4 is 21.7 Å². The van der Waals surface area contributed by atoms with E-state index in [0.717, 1.165) is 18.9 Å². The van der Waals surface area contributed by atoms with Crippen LogP contribution in [0.4, 0.5) is 5.82 Å². The Labute approximate surface area is 111 Å². The van der Waals surface area contributed by atoms with Gasteiger partial charge in [-0.1, -0.05) is 13.8 Å². The highest BCUT2D eigenvalue weighted by atomic mass is 79.9. The third-order valence-corrected chi connectivity index (χ3v) is 4.00. The molecule has 1 aliphatic heterocycles. The van der Waals surface area contributed by atoms with Gasteiger partial charge in [-0.15, -0.1) is 0 Å². The van der Waals surface area contributed by atoms with Gasteiger partial charge in [-0.25, -0.2) is 4.98 Å². The molecule has 1 fully saturated rings. The molecule has 0 N–H and O–H groups in total. The number of pyridine rings is 1. The zero-order valence-electron chi connectivity index (χ0n) is 10.2. The first-order chi connectivity index (χ1) is 8.02. The van der Waals surface area contributed by atoms with Gasteiger partial charge in [-0.3, -0.25) is 0 Å². The SMILES string of the molecule is CC1(C)CCN(c2ccc(C#N)c(Br)n2)CC1. The maximum absolute atomic E-state index is 8.85. The summed E-state index contributed by atoms with van der Waals surface area (Å²) in [6.45, 7) is 6.70. The Morgan fingerprint density at radius 1 is 1.35 bits per heavy atom. The van der Waals surface area contributed by atoms with E-state index in [1.54, 1.807) is 0 Å². The molecule has 1 saturated heterocycles. The Hall–Kier alpha value is -1.08. The average molecular weight is 294 g/mol. The second kappa shape index (κ2) is 4.66. The van der Waals surface area contributed by atoms with Crippen LogP contribution in [0.3, 0.4) is 0 Å². The van der Waals surface area contributed by atoms with Crippen LogP contribution in [-0.4, -0.2) is 18.1 Å². The van der Waals surface area contributed by atoms with Crippen molar-refractivity contribution in [3.8, 4) is 6.07 Å².